The second-order valence-corrected chi connectivity index (χ2v) is 7.77. The first-order valence-corrected chi connectivity index (χ1v) is 9.63. The normalized spacial score (nSPS) is 31.0. The Kier molecular flexibility index (Phi) is 5.18. The third-order valence-corrected chi connectivity index (χ3v) is 6.12. The average molecular weight is 329 g/mol. The Morgan fingerprint density at radius 3 is 2.54 bits per heavy atom. The Bertz CT molecular complexity index is 515. The minimum absolute atomic E-state index is 0.596. The predicted octanol–water partition coefficient (Wildman–Crippen LogP) is 2.06. The number of piperidine rings is 1. The molecule has 0 aromatic heterocycles. The van der Waals surface area contributed by atoms with E-state index in [-0.39, 0.29) is 0 Å². The highest BCUT2D eigenvalue weighted by molar-refractivity contribution is 5.14. The molecule has 3 aliphatic heterocycles. The second-order valence-electron chi connectivity index (χ2n) is 7.77. The van der Waals surface area contributed by atoms with Gasteiger partial charge in [-0.05, 0) is 38.4 Å². The van der Waals surface area contributed by atoms with Gasteiger partial charge in [-0.2, -0.15) is 0 Å². The molecule has 0 aliphatic carbocycles. The van der Waals surface area contributed by atoms with Gasteiger partial charge < -0.3 is 4.74 Å². The lowest BCUT2D eigenvalue weighted by atomic mass is 9.99. The lowest BCUT2D eigenvalue weighted by molar-refractivity contribution is -0.0855. The summed E-state index contributed by atoms with van der Waals surface area (Å²) in [7, 11) is 0. The monoisotopic (exact) mass is 329 g/mol. The fourth-order valence-electron chi connectivity index (χ4n) is 4.71. The van der Waals surface area contributed by atoms with Crippen LogP contribution >= 0.6 is 0 Å². The number of fused-ring (bicyclic) bond motifs is 1. The highest BCUT2D eigenvalue weighted by Crippen LogP contribution is 2.24. The van der Waals surface area contributed by atoms with Crippen molar-refractivity contribution in [3.05, 3.63) is 35.9 Å². The number of ether oxygens (including phenoxy) is 1. The lowest BCUT2D eigenvalue weighted by Crippen LogP contribution is -2.63. The van der Waals surface area contributed by atoms with Crippen LogP contribution in [-0.2, 0) is 11.3 Å². The van der Waals surface area contributed by atoms with E-state index in [1.165, 1.54) is 51.1 Å². The van der Waals surface area contributed by atoms with Crippen LogP contribution in [0, 0.1) is 0 Å². The van der Waals surface area contributed by atoms with E-state index in [1.54, 1.807) is 0 Å². The van der Waals surface area contributed by atoms with E-state index in [4.69, 9.17) is 4.74 Å². The van der Waals surface area contributed by atoms with Gasteiger partial charge in [-0.3, -0.25) is 14.7 Å². The van der Waals surface area contributed by atoms with Gasteiger partial charge in [0.05, 0.1) is 13.2 Å². The Morgan fingerprint density at radius 1 is 0.958 bits per heavy atom. The molecule has 1 aromatic rings. The molecule has 0 spiro atoms. The molecule has 0 saturated carbocycles. The molecule has 132 valence electrons. The smallest absolute Gasteiger partial charge is 0.0635 e. The van der Waals surface area contributed by atoms with Gasteiger partial charge in [0.2, 0.25) is 0 Å². The zero-order valence-electron chi connectivity index (χ0n) is 14.9. The maximum absolute atomic E-state index is 5.79. The van der Waals surface area contributed by atoms with Crippen molar-refractivity contribution in [2.24, 2.45) is 0 Å². The summed E-state index contributed by atoms with van der Waals surface area (Å²) in [5.74, 6) is 0. The van der Waals surface area contributed by atoms with Crippen molar-refractivity contribution < 1.29 is 4.74 Å². The molecule has 3 aliphatic rings. The minimum Gasteiger partial charge on any atom is -0.378 e. The lowest BCUT2D eigenvalue weighted by Gasteiger charge is -2.50. The van der Waals surface area contributed by atoms with E-state index < -0.39 is 0 Å². The molecule has 0 N–H and O–H groups in total. The summed E-state index contributed by atoms with van der Waals surface area (Å²) >= 11 is 0. The van der Waals surface area contributed by atoms with Crippen LogP contribution in [0.1, 0.15) is 25.3 Å². The summed E-state index contributed by atoms with van der Waals surface area (Å²) in [6.45, 7) is 11.4. The summed E-state index contributed by atoms with van der Waals surface area (Å²) in [5.41, 5.74) is 1.44. The molecular formula is C20H31N3O. The van der Waals surface area contributed by atoms with Crippen LogP contribution in [0.3, 0.4) is 0 Å². The standard InChI is InChI=1S/C20H31N3O/c1-17-15-24-16-20-14-22(11-12-23(17)20)19-7-9-21(10-8-19)13-18-5-3-2-4-6-18/h2-6,17,19-20H,7-16H2,1H3/t17-,20+/m0/s1. The number of likely N-dealkylation sites (tertiary alicyclic amines) is 1. The SMILES string of the molecule is C[C@H]1COC[C@H]2CN(C3CCN(Cc4ccccc4)CC3)CCN21. The zero-order chi connectivity index (χ0) is 16.4. The van der Waals surface area contributed by atoms with Crippen molar-refractivity contribution in [2.45, 2.75) is 44.4 Å². The quantitative estimate of drug-likeness (QED) is 0.845. The Morgan fingerprint density at radius 2 is 1.75 bits per heavy atom. The summed E-state index contributed by atoms with van der Waals surface area (Å²) in [4.78, 5) is 8.04. The highest BCUT2D eigenvalue weighted by atomic mass is 16.5. The van der Waals surface area contributed by atoms with Crippen LogP contribution in [0.4, 0.5) is 0 Å². The van der Waals surface area contributed by atoms with Crippen LogP contribution in [-0.4, -0.2) is 78.8 Å². The van der Waals surface area contributed by atoms with Crippen molar-refractivity contribution >= 4 is 0 Å². The van der Waals surface area contributed by atoms with Crippen molar-refractivity contribution in [3.8, 4) is 0 Å². The minimum atomic E-state index is 0.596. The number of rotatable bonds is 3. The molecule has 0 bridgehead atoms. The molecule has 4 nitrogen and oxygen atoms in total. The van der Waals surface area contributed by atoms with Gasteiger partial charge in [0.15, 0.2) is 0 Å². The highest BCUT2D eigenvalue weighted by Gasteiger charge is 2.36. The summed E-state index contributed by atoms with van der Waals surface area (Å²) in [5, 5.41) is 0. The second kappa shape index (κ2) is 7.52. The van der Waals surface area contributed by atoms with Crippen molar-refractivity contribution in [1.29, 1.82) is 0 Å². The molecule has 0 radical (unpaired) electrons. The molecular weight excluding hydrogens is 298 g/mol. The number of piperazine rings is 1. The van der Waals surface area contributed by atoms with Gasteiger partial charge in [-0.1, -0.05) is 30.3 Å². The zero-order valence-corrected chi connectivity index (χ0v) is 14.9. The number of hydrogen-bond donors (Lipinski definition) is 0. The van der Waals surface area contributed by atoms with Crippen LogP contribution in [0.5, 0.6) is 0 Å². The van der Waals surface area contributed by atoms with Crippen LogP contribution in [0.2, 0.25) is 0 Å². The molecule has 3 fully saturated rings. The third kappa shape index (κ3) is 3.67. The van der Waals surface area contributed by atoms with E-state index >= 15 is 0 Å². The fraction of sp³-hybridized carbons (Fsp3) is 0.700. The molecule has 24 heavy (non-hydrogen) atoms. The van der Waals surface area contributed by atoms with Gasteiger partial charge in [0.1, 0.15) is 0 Å². The van der Waals surface area contributed by atoms with E-state index in [0.717, 1.165) is 25.8 Å². The molecule has 3 heterocycles. The molecule has 3 saturated heterocycles. The fourth-order valence-corrected chi connectivity index (χ4v) is 4.71. The Hall–Kier alpha value is -0.940. The van der Waals surface area contributed by atoms with Gasteiger partial charge in [-0.15, -0.1) is 0 Å². The third-order valence-electron chi connectivity index (χ3n) is 6.12. The number of hydrogen-bond acceptors (Lipinski definition) is 4. The van der Waals surface area contributed by atoms with E-state index in [1.807, 2.05) is 0 Å². The van der Waals surface area contributed by atoms with Crippen molar-refractivity contribution in [1.82, 2.24) is 14.7 Å². The first kappa shape index (κ1) is 16.5. The van der Waals surface area contributed by atoms with E-state index in [9.17, 15) is 0 Å². The molecule has 4 rings (SSSR count). The van der Waals surface area contributed by atoms with Crippen molar-refractivity contribution in [2.75, 3.05) is 45.9 Å². The van der Waals surface area contributed by atoms with Gasteiger partial charge in [-0.25, -0.2) is 0 Å². The summed E-state index contributed by atoms with van der Waals surface area (Å²) in [6, 6.07) is 12.9. The van der Waals surface area contributed by atoms with Crippen molar-refractivity contribution in [3.63, 3.8) is 0 Å². The summed E-state index contributed by atoms with van der Waals surface area (Å²) < 4.78 is 5.79. The maximum atomic E-state index is 5.79. The molecule has 4 heteroatoms. The molecule has 2 atom stereocenters. The van der Waals surface area contributed by atoms with Crippen LogP contribution in [0.15, 0.2) is 30.3 Å². The van der Waals surface area contributed by atoms with Gasteiger partial charge >= 0.3 is 0 Å². The summed E-state index contributed by atoms with van der Waals surface area (Å²) in [6.07, 6.45) is 2.63. The first-order chi connectivity index (χ1) is 11.8. The molecule has 1 aromatic carbocycles. The van der Waals surface area contributed by atoms with Gasteiger partial charge in [0.25, 0.3) is 0 Å². The number of nitrogens with zero attached hydrogens (tertiary/aromatic N) is 3. The predicted molar refractivity (Wildman–Crippen MR) is 97.1 cm³/mol. The number of benzene rings is 1. The van der Waals surface area contributed by atoms with E-state index in [0.29, 0.717) is 12.1 Å². The van der Waals surface area contributed by atoms with E-state index in [2.05, 4.69) is 52.0 Å². The Labute approximate surface area is 146 Å². The van der Waals surface area contributed by atoms with Crippen LogP contribution < -0.4 is 0 Å². The number of morpholine rings is 1. The largest absolute Gasteiger partial charge is 0.378 e. The molecule has 0 unspecified atom stereocenters. The first-order valence-electron chi connectivity index (χ1n) is 9.63. The molecule has 0 amide bonds. The topological polar surface area (TPSA) is 19.0 Å². The Balaban J connectivity index is 1.27. The average Bonchev–Trinajstić information content (AvgIpc) is 2.63. The van der Waals surface area contributed by atoms with Gasteiger partial charge in [0, 0.05) is 44.3 Å². The maximum Gasteiger partial charge on any atom is 0.0635 e. The van der Waals surface area contributed by atoms with Crippen LogP contribution in [0.25, 0.3) is 0 Å².